The standard InChI is InChI=1S/C9H15N3O2S/c10-7-1-2-11(3-7)8(13)4-12-6-15-5-9(12)14/h7H,1-6,10H2. The zero-order valence-electron chi connectivity index (χ0n) is 8.52. The normalized spacial score (nSPS) is 26.5. The molecular formula is C9H15N3O2S. The van der Waals surface area contributed by atoms with Crippen LogP contribution in [0.15, 0.2) is 0 Å². The van der Waals surface area contributed by atoms with Gasteiger partial charge in [-0.3, -0.25) is 9.59 Å². The second kappa shape index (κ2) is 4.40. The topological polar surface area (TPSA) is 66.6 Å². The first-order valence-corrected chi connectivity index (χ1v) is 6.21. The summed E-state index contributed by atoms with van der Waals surface area (Å²) >= 11 is 1.56. The molecule has 0 saturated carbocycles. The average molecular weight is 229 g/mol. The van der Waals surface area contributed by atoms with Crippen molar-refractivity contribution in [3.8, 4) is 0 Å². The highest BCUT2D eigenvalue weighted by Crippen LogP contribution is 2.15. The van der Waals surface area contributed by atoms with Gasteiger partial charge in [-0.15, -0.1) is 11.8 Å². The van der Waals surface area contributed by atoms with Crippen LogP contribution in [0.5, 0.6) is 0 Å². The molecule has 0 aromatic heterocycles. The zero-order chi connectivity index (χ0) is 10.8. The van der Waals surface area contributed by atoms with Gasteiger partial charge >= 0.3 is 0 Å². The van der Waals surface area contributed by atoms with E-state index in [0.29, 0.717) is 18.2 Å². The first-order valence-electron chi connectivity index (χ1n) is 5.05. The van der Waals surface area contributed by atoms with E-state index in [-0.39, 0.29) is 24.4 Å². The lowest BCUT2D eigenvalue weighted by Gasteiger charge is -2.20. The highest BCUT2D eigenvalue weighted by Gasteiger charge is 2.28. The van der Waals surface area contributed by atoms with E-state index in [1.807, 2.05) is 0 Å². The van der Waals surface area contributed by atoms with Crippen molar-refractivity contribution in [2.75, 3.05) is 31.3 Å². The Labute approximate surface area is 93.0 Å². The van der Waals surface area contributed by atoms with Gasteiger partial charge in [0.15, 0.2) is 0 Å². The molecule has 15 heavy (non-hydrogen) atoms. The van der Waals surface area contributed by atoms with E-state index in [1.54, 1.807) is 21.6 Å². The molecular weight excluding hydrogens is 214 g/mol. The van der Waals surface area contributed by atoms with E-state index in [4.69, 9.17) is 5.73 Å². The van der Waals surface area contributed by atoms with Gasteiger partial charge < -0.3 is 15.5 Å². The van der Waals surface area contributed by atoms with Crippen molar-refractivity contribution in [1.29, 1.82) is 0 Å². The molecule has 1 unspecified atom stereocenters. The van der Waals surface area contributed by atoms with Crippen molar-refractivity contribution >= 4 is 23.6 Å². The van der Waals surface area contributed by atoms with Crippen molar-refractivity contribution < 1.29 is 9.59 Å². The maximum Gasteiger partial charge on any atom is 0.242 e. The lowest BCUT2D eigenvalue weighted by Crippen LogP contribution is -2.40. The minimum atomic E-state index is 0.0267. The molecule has 84 valence electrons. The lowest BCUT2D eigenvalue weighted by atomic mass is 10.3. The number of rotatable bonds is 2. The number of amides is 2. The summed E-state index contributed by atoms with van der Waals surface area (Å²) in [5.41, 5.74) is 5.72. The van der Waals surface area contributed by atoms with Crippen LogP contribution in [0.4, 0.5) is 0 Å². The summed E-state index contributed by atoms with van der Waals surface area (Å²) in [5.74, 6) is 1.24. The smallest absolute Gasteiger partial charge is 0.242 e. The molecule has 2 aliphatic heterocycles. The molecule has 0 bridgehead atoms. The first-order chi connectivity index (χ1) is 7.16. The Bertz CT molecular complexity index is 285. The van der Waals surface area contributed by atoms with Crippen molar-refractivity contribution in [2.45, 2.75) is 12.5 Å². The van der Waals surface area contributed by atoms with E-state index < -0.39 is 0 Å². The molecule has 6 heteroatoms. The molecule has 0 aromatic carbocycles. The monoisotopic (exact) mass is 229 g/mol. The number of nitrogens with two attached hydrogens (primary N) is 1. The van der Waals surface area contributed by atoms with Crippen LogP contribution in [0, 0.1) is 0 Å². The fourth-order valence-electron chi connectivity index (χ4n) is 1.82. The molecule has 0 aromatic rings. The fourth-order valence-corrected chi connectivity index (χ4v) is 2.72. The van der Waals surface area contributed by atoms with Crippen LogP contribution in [0.2, 0.25) is 0 Å². The SMILES string of the molecule is NC1CCN(C(=O)CN2CSCC2=O)C1. The molecule has 0 radical (unpaired) electrons. The summed E-state index contributed by atoms with van der Waals surface area (Å²) in [4.78, 5) is 26.4. The highest BCUT2D eigenvalue weighted by atomic mass is 32.2. The van der Waals surface area contributed by atoms with Crippen LogP contribution >= 0.6 is 11.8 Å². The van der Waals surface area contributed by atoms with Gasteiger partial charge in [0.25, 0.3) is 0 Å². The van der Waals surface area contributed by atoms with E-state index >= 15 is 0 Å². The third-order valence-corrected chi connectivity index (χ3v) is 3.67. The van der Waals surface area contributed by atoms with E-state index in [9.17, 15) is 9.59 Å². The summed E-state index contributed by atoms with van der Waals surface area (Å²) in [6.45, 7) is 1.59. The maximum absolute atomic E-state index is 11.8. The van der Waals surface area contributed by atoms with E-state index in [1.165, 1.54) is 0 Å². The molecule has 2 saturated heterocycles. The summed E-state index contributed by atoms with van der Waals surface area (Å²) in [7, 11) is 0. The maximum atomic E-state index is 11.8. The van der Waals surface area contributed by atoms with Crippen LogP contribution in [-0.2, 0) is 9.59 Å². The molecule has 0 aliphatic carbocycles. The van der Waals surface area contributed by atoms with Gasteiger partial charge in [0, 0.05) is 19.1 Å². The quantitative estimate of drug-likeness (QED) is 0.665. The summed E-state index contributed by atoms with van der Waals surface area (Å²) < 4.78 is 0. The molecule has 2 heterocycles. The fraction of sp³-hybridized carbons (Fsp3) is 0.778. The number of hydrogen-bond donors (Lipinski definition) is 1. The third-order valence-electron chi connectivity index (χ3n) is 2.73. The molecule has 2 fully saturated rings. The van der Waals surface area contributed by atoms with Crippen molar-refractivity contribution in [3.05, 3.63) is 0 Å². The minimum Gasteiger partial charge on any atom is -0.340 e. The Morgan fingerprint density at radius 3 is 2.93 bits per heavy atom. The first kappa shape index (κ1) is 10.8. The Hall–Kier alpha value is -0.750. The van der Waals surface area contributed by atoms with Crippen molar-refractivity contribution in [1.82, 2.24) is 9.80 Å². The Morgan fingerprint density at radius 2 is 2.40 bits per heavy atom. The molecule has 2 amide bonds. The lowest BCUT2D eigenvalue weighted by molar-refractivity contribution is -0.137. The average Bonchev–Trinajstić information content (AvgIpc) is 2.77. The number of nitrogens with zero attached hydrogens (tertiary/aromatic N) is 2. The summed E-state index contributed by atoms with van der Waals surface area (Å²) in [6, 6.07) is 0.109. The number of hydrogen-bond acceptors (Lipinski definition) is 4. The largest absolute Gasteiger partial charge is 0.340 e. The van der Waals surface area contributed by atoms with Gasteiger partial charge in [-0.2, -0.15) is 0 Å². The van der Waals surface area contributed by atoms with Gasteiger partial charge in [0.1, 0.15) is 6.54 Å². The van der Waals surface area contributed by atoms with Gasteiger partial charge in [-0.1, -0.05) is 0 Å². The molecule has 2 rings (SSSR count). The number of likely N-dealkylation sites (tertiary alicyclic amines) is 1. The van der Waals surface area contributed by atoms with E-state index in [2.05, 4.69) is 0 Å². The van der Waals surface area contributed by atoms with Gasteiger partial charge in [0.2, 0.25) is 11.8 Å². The molecule has 1 atom stereocenters. The van der Waals surface area contributed by atoms with Gasteiger partial charge in [0.05, 0.1) is 11.6 Å². The molecule has 0 spiro atoms. The summed E-state index contributed by atoms with van der Waals surface area (Å²) in [5, 5.41) is 0. The van der Waals surface area contributed by atoms with Crippen molar-refractivity contribution in [3.63, 3.8) is 0 Å². The Morgan fingerprint density at radius 1 is 1.60 bits per heavy atom. The number of carbonyl (C=O) groups excluding carboxylic acids is 2. The zero-order valence-corrected chi connectivity index (χ0v) is 9.33. The molecule has 2 aliphatic rings. The van der Waals surface area contributed by atoms with Gasteiger partial charge in [-0.25, -0.2) is 0 Å². The third kappa shape index (κ3) is 2.43. The predicted octanol–water partition coefficient (Wildman–Crippen LogP) is -0.921. The number of carbonyl (C=O) groups is 2. The van der Waals surface area contributed by atoms with Crippen LogP contribution in [0.1, 0.15) is 6.42 Å². The van der Waals surface area contributed by atoms with Gasteiger partial charge in [-0.05, 0) is 6.42 Å². The highest BCUT2D eigenvalue weighted by molar-refractivity contribution is 8.00. The molecule has 2 N–H and O–H groups in total. The predicted molar refractivity (Wildman–Crippen MR) is 58.2 cm³/mol. The van der Waals surface area contributed by atoms with Crippen LogP contribution in [0.3, 0.4) is 0 Å². The van der Waals surface area contributed by atoms with Crippen LogP contribution in [-0.4, -0.2) is 58.9 Å². The van der Waals surface area contributed by atoms with E-state index in [0.717, 1.165) is 13.0 Å². The molecule has 5 nitrogen and oxygen atoms in total. The van der Waals surface area contributed by atoms with Crippen LogP contribution < -0.4 is 5.73 Å². The second-order valence-corrected chi connectivity index (χ2v) is 4.91. The van der Waals surface area contributed by atoms with Crippen molar-refractivity contribution in [2.24, 2.45) is 5.73 Å². The Balaban J connectivity index is 1.84. The summed E-state index contributed by atoms with van der Waals surface area (Å²) in [6.07, 6.45) is 0.869. The van der Waals surface area contributed by atoms with Crippen LogP contribution in [0.25, 0.3) is 0 Å². The number of thioether (sulfide) groups is 1. The minimum absolute atomic E-state index is 0.0267. The second-order valence-electron chi connectivity index (χ2n) is 3.96. The Kier molecular flexibility index (Phi) is 3.16.